The molecule has 2 amide bonds. The van der Waals surface area contributed by atoms with Crippen molar-refractivity contribution in [1.82, 2.24) is 14.8 Å². The van der Waals surface area contributed by atoms with Crippen molar-refractivity contribution >= 4 is 74.4 Å². The Morgan fingerprint density at radius 2 is 1.33 bits per heavy atom. The number of halogens is 1. The van der Waals surface area contributed by atoms with Gasteiger partial charge in [0.15, 0.2) is 5.78 Å². The maximum Gasteiger partial charge on any atom is 0.410 e. The molecule has 3 heterocycles. The maximum absolute atomic E-state index is 12.5. The number of hydrogen-bond acceptors (Lipinski definition) is 13. The van der Waals surface area contributed by atoms with Crippen LogP contribution in [-0.4, -0.2) is 99.1 Å². The molecule has 2 saturated heterocycles. The second-order valence-electron chi connectivity index (χ2n) is 12.3. The molecule has 0 saturated carbocycles. The number of alkyl halides is 1. The number of Topliss-reactive ketones (excluding diaryl/α,β-unsaturated/α-hetero) is 1. The fourth-order valence-electron chi connectivity index (χ4n) is 5.46. The van der Waals surface area contributed by atoms with Gasteiger partial charge in [0.05, 0.1) is 47.7 Å². The van der Waals surface area contributed by atoms with Crippen LogP contribution in [0.4, 0.5) is 9.59 Å². The van der Waals surface area contributed by atoms with E-state index in [-0.39, 0.29) is 74.0 Å². The predicted molar refractivity (Wildman–Crippen MR) is 224 cm³/mol. The molecule has 0 bridgehead atoms. The number of nitrogens with two attached hydrogens (primary N) is 1. The average molecular weight is 894 g/mol. The molecular formula is C40H53BrN4O10S2. The van der Waals surface area contributed by atoms with Crippen molar-refractivity contribution in [2.75, 3.05) is 38.2 Å². The molecule has 312 valence electrons. The van der Waals surface area contributed by atoms with Crippen LogP contribution in [0.25, 0.3) is 0 Å². The van der Waals surface area contributed by atoms with Crippen LogP contribution >= 0.6 is 39.5 Å². The molecule has 17 heteroatoms. The standard InChI is InChI=1S/C19H22N2O4S.C13H16N2O2S.C6H9BrO3.C2H6O/c1-2-24-17(22)11-15-13-26-18(20-15)16-9-6-10-21(16)19(23)25-12-14-7-4-3-5-8-14;14-12(18)11-7-4-8-15(11)13(16)17-9-10-5-2-1-3-6-10;1-2-10-6(9)3-5(8)4-7;1-2-3/h3-5,7-8,13,16H,2,6,9-12H2,1H3;1-3,5-6,11H,4,7-9H2,(H2,14,18);2-4H2,1H3;3H,2H2,1H3/t16-;11-;;/m00../s1. The number of benzene rings is 2. The van der Waals surface area contributed by atoms with Crippen molar-refractivity contribution in [2.24, 2.45) is 5.73 Å². The molecule has 0 aliphatic carbocycles. The van der Waals surface area contributed by atoms with E-state index in [9.17, 15) is 24.0 Å². The smallest absolute Gasteiger partial charge is 0.410 e. The molecule has 2 atom stereocenters. The Morgan fingerprint density at radius 3 is 1.86 bits per heavy atom. The van der Waals surface area contributed by atoms with Crippen molar-refractivity contribution in [3.05, 3.63) is 87.9 Å². The van der Waals surface area contributed by atoms with Gasteiger partial charge in [-0.25, -0.2) is 14.6 Å². The van der Waals surface area contributed by atoms with Crippen LogP contribution in [-0.2, 0) is 53.0 Å². The Labute approximate surface area is 352 Å². The molecule has 3 aromatic rings. The number of carbonyl (C=O) groups is 5. The van der Waals surface area contributed by atoms with Crippen LogP contribution in [0.15, 0.2) is 66.0 Å². The van der Waals surface area contributed by atoms with E-state index in [4.69, 9.17) is 37.3 Å². The third-order valence-electron chi connectivity index (χ3n) is 7.99. The van der Waals surface area contributed by atoms with E-state index in [1.54, 1.807) is 30.6 Å². The second kappa shape index (κ2) is 28.0. The Bertz CT molecular complexity index is 1680. The first-order valence-corrected chi connectivity index (χ1v) is 21.1. The van der Waals surface area contributed by atoms with Gasteiger partial charge in [-0.2, -0.15) is 0 Å². The van der Waals surface area contributed by atoms with Gasteiger partial charge in [-0.1, -0.05) is 88.8 Å². The minimum atomic E-state index is -0.452. The van der Waals surface area contributed by atoms with E-state index in [1.807, 2.05) is 66.0 Å². The Kier molecular flexibility index (Phi) is 23.9. The van der Waals surface area contributed by atoms with Gasteiger partial charge in [0, 0.05) is 25.1 Å². The number of esters is 2. The SMILES string of the molecule is CCO.CCOC(=O)CC(=O)CBr.CCOC(=O)Cc1csc([C@@H]2CCCN2C(=O)OCc2ccccc2)n1.NC(=S)[C@@H]1CCCN1C(=O)OCc1ccccc1. The fraction of sp³-hybridized carbons (Fsp3) is 0.475. The summed E-state index contributed by atoms with van der Waals surface area (Å²) in [7, 11) is 0. The van der Waals surface area contributed by atoms with Crippen molar-refractivity contribution in [1.29, 1.82) is 0 Å². The molecular weight excluding hydrogens is 840 g/mol. The molecule has 2 aliphatic heterocycles. The number of aliphatic hydroxyl groups excluding tert-OH is 1. The first kappa shape index (κ1) is 48.7. The highest BCUT2D eigenvalue weighted by atomic mass is 79.9. The molecule has 0 spiro atoms. The lowest BCUT2D eigenvalue weighted by Gasteiger charge is -2.22. The van der Waals surface area contributed by atoms with Gasteiger partial charge >= 0.3 is 24.1 Å². The number of ketones is 1. The molecule has 14 nitrogen and oxygen atoms in total. The zero-order chi connectivity index (χ0) is 42.0. The maximum atomic E-state index is 12.5. The molecule has 2 aliphatic rings. The lowest BCUT2D eigenvalue weighted by Crippen LogP contribution is -2.43. The first-order chi connectivity index (χ1) is 27.5. The molecule has 1 aromatic heterocycles. The van der Waals surface area contributed by atoms with Crippen molar-refractivity contribution < 1.29 is 48.0 Å². The summed E-state index contributed by atoms with van der Waals surface area (Å²) in [6.07, 6.45) is 2.89. The summed E-state index contributed by atoms with van der Waals surface area (Å²) in [5, 5.41) is 10.5. The van der Waals surface area contributed by atoms with E-state index < -0.39 is 5.97 Å². The van der Waals surface area contributed by atoms with Crippen LogP contribution in [0.3, 0.4) is 0 Å². The number of likely N-dealkylation sites (tertiary alicyclic amines) is 2. The van der Waals surface area contributed by atoms with Gasteiger partial charge in [0.1, 0.15) is 24.6 Å². The van der Waals surface area contributed by atoms with Crippen LogP contribution in [0.5, 0.6) is 0 Å². The summed E-state index contributed by atoms with van der Waals surface area (Å²) < 4.78 is 20.2. The first-order valence-electron chi connectivity index (χ1n) is 18.7. The number of carbonyl (C=O) groups excluding carboxylic acids is 5. The molecule has 3 N–H and O–H groups in total. The largest absolute Gasteiger partial charge is 0.466 e. The van der Waals surface area contributed by atoms with Crippen LogP contribution in [0.1, 0.15) is 80.7 Å². The van der Waals surface area contributed by atoms with Gasteiger partial charge in [0.25, 0.3) is 0 Å². The number of amides is 2. The lowest BCUT2D eigenvalue weighted by atomic mass is 10.2. The quantitative estimate of drug-likeness (QED) is 0.0608. The van der Waals surface area contributed by atoms with E-state index >= 15 is 0 Å². The highest BCUT2D eigenvalue weighted by Crippen LogP contribution is 2.34. The Balaban J connectivity index is 0.000000313. The Hall–Kier alpha value is -4.45. The van der Waals surface area contributed by atoms with Gasteiger partial charge in [-0.15, -0.1) is 11.3 Å². The molecule has 2 aromatic carbocycles. The normalized spacial score (nSPS) is 15.3. The molecule has 0 unspecified atom stereocenters. The number of rotatable bonds is 13. The minimum Gasteiger partial charge on any atom is -0.466 e. The van der Waals surface area contributed by atoms with Crippen LogP contribution in [0, 0.1) is 0 Å². The number of ether oxygens (including phenoxy) is 4. The third kappa shape index (κ3) is 18.6. The summed E-state index contributed by atoms with van der Waals surface area (Å²) in [5.74, 6) is -0.889. The number of nitrogens with zero attached hydrogens (tertiary/aromatic N) is 3. The van der Waals surface area contributed by atoms with Gasteiger partial charge in [0.2, 0.25) is 0 Å². The van der Waals surface area contributed by atoms with Crippen LogP contribution < -0.4 is 5.73 Å². The number of aliphatic hydroxyl groups is 1. The summed E-state index contributed by atoms with van der Waals surface area (Å²) in [4.78, 5) is 65.3. The zero-order valence-electron chi connectivity index (χ0n) is 32.6. The third-order valence-corrected chi connectivity index (χ3v) is 9.89. The summed E-state index contributed by atoms with van der Waals surface area (Å²) in [6.45, 7) is 7.96. The predicted octanol–water partition coefficient (Wildman–Crippen LogP) is 6.70. The molecule has 5 rings (SSSR count). The lowest BCUT2D eigenvalue weighted by molar-refractivity contribution is -0.145. The van der Waals surface area contributed by atoms with Gasteiger partial charge in [-0.3, -0.25) is 24.2 Å². The van der Waals surface area contributed by atoms with Crippen molar-refractivity contribution in [3.8, 4) is 0 Å². The summed E-state index contributed by atoms with van der Waals surface area (Å²) in [5.41, 5.74) is 8.23. The fourth-order valence-corrected chi connectivity index (χ4v) is 6.87. The van der Waals surface area contributed by atoms with Crippen molar-refractivity contribution in [3.63, 3.8) is 0 Å². The highest BCUT2D eigenvalue weighted by Gasteiger charge is 2.34. The second-order valence-corrected chi connectivity index (χ2v) is 14.2. The summed E-state index contributed by atoms with van der Waals surface area (Å²) in [6, 6.07) is 19.0. The topological polar surface area (TPSA) is 188 Å². The molecule has 57 heavy (non-hydrogen) atoms. The van der Waals surface area contributed by atoms with E-state index in [0.29, 0.717) is 37.0 Å². The van der Waals surface area contributed by atoms with Crippen LogP contribution in [0.2, 0.25) is 0 Å². The Morgan fingerprint density at radius 1 is 0.825 bits per heavy atom. The minimum absolute atomic E-state index is 0.0841. The zero-order valence-corrected chi connectivity index (χ0v) is 35.9. The average Bonchev–Trinajstić information content (AvgIpc) is 4.00. The molecule has 0 radical (unpaired) electrons. The summed E-state index contributed by atoms with van der Waals surface area (Å²) >= 11 is 9.37. The monoisotopic (exact) mass is 892 g/mol. The van der Waals surface area contributed by atoms with Gasteiger partial charge < -0.3 is 29.8 Å². The van der Waals surface area contributed by atoms with Crippen molar-refractivity contribution in [2.45, 2.75) is 84.6 Å². The highest BCUT2D eigenvalue weighted by molar-refractivity contribution is 9.09. The number of hydrogen-bond donors (Lipinski definition) is 2. The van der Waals surface area contributed by atoms with E-state index in [1.165, 1.54) is 11.3 Å². The number of thiazole rings is 1. The number of thiocarbonyl (C=S) groups is 1. The van der Waals surface area contributed by atoms with E-state index in [2.05, 4.69) is 25.7 Å². The molecule has 2 fully saturated rings. The number of aromatic nitrogens is 1. The van der Waals surface area contributed by atoms with Gasteiger partial charge in [-0.05, 0) is 57.6 Å². The van der Waals surface area contributed by atoms with E-state index in [0.717, 1.165) is 41.8 Å².